The van der Waals surface area contributed by atoms with Gasteiger partial charge in [-0.2, -0.15) is 4.39 Å². The Balaban J connectivity index is 2.41. The standard InChI is InChI=1S/C13H8BrF3O2/c14-8-4-10(16)13(17)12(5-8)19-11-2-1-9(15)3-7(11)6-18/h1-5,18H,6H2. The van der Waals surface area contributed by atoms with Gasteiger partial charge in [0.15, 0.2) is 11.6 Å². The average Bonchev–Trinajstić information content (AvgIpc) is 2.37. The van der Waals surface area contributed by atoms with Gasteiger partial charge in [0.2, 0.25) is 5.82 Å². The molecule has 100 valence electrons. The molecular formula is C13H8BrF3O2. The van der Waals surface area contributed by atoms with E-state index in [0.29, 0.717) is 4.47 Å². The van der Waals surface area contributed by atoms with Crippen molar-refractivity contribution in [1.29, 1.82) is 0 Å². The molecule has 0 heterocycles. The van der Waals surface area contributed by atoms with Gasteiger partial charge in [-0.05, 0) is 30.3 Å². The molecule has 0 unspecified atom stereocenters. The highest BCUT2D eigenvalue weighted by atomic mass is 79.9. The first-order chi connectivity index (χ1) is 9.01. The van der Waals surface area contributed by atoms with Crippen LogP contribution in [0.3, 0.4) is 0 Å². The molecule has 0 saturated carbocycles. The van der Waals surface area contributed by atoms with E-state index in [1.807, 2.05) is 0 Å². The number of aliphatic hydroxyl groups is 1. The lowest BCUT2D eigenvalue weighted by Gasteiger charge is -2.11. The Bertz CT molecular complexity index is 617. The zero-order chi connectivity index (χ0) is 14.0. The Kier molecular flexibility index (Phi) is 4.11. The zero-order valence-corrected chi connectivity index (χ0v) is 11.0. The highest BCUT2D eigenvalue weighted by Crippen LogP contribution is 2.31. The van der Waals surface area contributed by atoms with Crippen LogP contribution in [0.1, 0.15) is 5.56 Å². The molecule has 1 N–H and O–H groups in total. The van der Waals surface area contributed by atoms with E-state index in [2.05, 4.69) is 15.9 Å². The molecular weight excluding hydrogens is 325 g/mol. The predicted molar refractivity (Wildman–Crippen MR) is 66.5 cm³/mol. The Morgan fingerprint density at radius 3 is 2.47 bits per heavy atom. The zero-order valence-electron chi connectivity index (χ0n) is 9.46. The monoisotopic (exact) mass is 332 g/mol. The second kappa shape index (κ2) is 5.63. The van der Waals surface area contributed by atoms with Crippen LogP contribution in [0.5, 0.6) is 11.5 Å². The first-order valence-electron chi connectivity index (χ1n) is 5.23. The summed E-state index contributed by atoms with van der Waals surface area (Å²) in [5.74, 6) is -3.08. The lowest BCUT2D eigenvalue weighted by Crippen LogP contribution is -1.96. The summed E-state index contributed by atoms with van der Waals surface area (Å²) in [5, 5.41) is 9.08. The van der Waals surface area contributed by atoms with Crippen molar-refractivity contribution in [3.05, 3.63) is 57.8 Å². The van der Waals surface area contributed by atoms with E-state index in [-0.39, 0.29) is 17.1 Å². The van der Waals surface area contributed by atoms with Crippen LogP contribution in [-0.4, -0.2) is 5.11 Å². The molecule has 0 spiro atoms. The summed E-state index contributed by atoms with van der Waals surface area (Å²) in [6.07, 6.45) is 0. The van der Waals surface area contributed by atoms with Gasteiger partial charge in [0.1, 0.15) is 11.6 Å². The van der Waals surface area contributed by atoms with E-state index >= 15 is 0 Å². The fraction of sp³-hybridized carbons (Fsp3) is 0.0769. The number of aliphatic hydroxyl groups excluding tert-OH is 1. The number of hydrogen-bond acceptors (Lipinski definition) is 2. The second-order valence-corrected chi connectivity index (χ2v) is 4.63. The van der Waals surface area contributed by atoms with Gasteiger partial charge < -0.3 is 9.84 Å². The van der Waals surface area contributed by atoms with E-state index < -0.39 is 24.1 Å². The van der Waals surface area contributed by atoms with Crippen molar-refractivity contribution in [3.8, 4) is 11.5 Å². The molecule has 0 amide bonds. The van der Waals surface area contributed by atoms with Gasteiger partial charge in [-0.3, -0.25) is 0 Å². The van der Waals surface area contributed by atoms with E-state index in [0.717, 1.165) is 18.2 Å². The quantitative estimate of drug-likeness (QED) is 0.855. The normalized spacial score (nSPS) is 10.6. The number of hydrogen-bond donors (Lipinski definition) is 1. The van der Waals surface area contributed by atoms with Crippen LogP contribution in [0.2, 0.25) is 0 Å². The Labute approximate surface area is 115 Å². The van der Waals surface area contributed by atoms with Crippen molar-refractivity contribution in [2.24, 2.45) is 0 Å². The first kappa shape index (κ1) is 13.9. The molecule has 0 aromatic heterocycles. The summed E-state index contributed by atoms with van der Waals surface area (Å²) in [4.78, 5) is 0. The molecule has 2 aromatic carbocycles. The molecule has 0 saturated heterocycles. The van der Waals surface area contributed by atoms with Gasteiger partial charge in [0.25, 0.3) is 0 Å². The fourth-order valence-corrected chi connectivity index (χ4v) is 1.91. The maximum absolute atomic E-state index is 13.5. The SMILES string of the molecule is OCc1cc(F)ccc1Oc1cc(Br)cc(F)c1F. The van der Waals surface area contributed by atoms with Gasteiger partial charge >= 0.3 is 0 Å². The number of rotatable bonds is 3. The van der Waals surface area contributed by atoms with Crippen molar-refractivity contribution < 1.29 is 23.0 Å². The number of ether oxygens (including phenoxy) is 1. The molecule has 0 aliphatic carbocycles. The molecule has 2 aromatic rings. The fourth-order valence-electron chi connectivity index (χ4n) is 1.50. The molecule has 6 heteroatoms. The van der Waals surface area contributed by atoms with Crippen LogP contribution in [0.25, 0.3) is 0 Å². The molecule has 0 bridgehead atoms. The van der Waals surface area contributed by atoms with Gasteiger partial charge in [-0.1, -0.05) is 15.9 Å². The number of benzene rings is 2. The molecule has 2 nitrogen and oxygen atoms in total. The van der Waals surface area contributed by atoms with Crippen molar-refractivity contribution in [3.63, 3.8) is 0 Å². The summed E-state index contributed by atoms with van der Waals surface area (Å²) in [6.45, 7) is -0.481. The molecule has 0 fully saturated rings. The van der Waals surface area contributed by atoms with E-state index in [4.69, 9.17) is 9.84 Å². The molecule has 19 heavy (non-hydrogen) atoms. The van der Waals surface area contributed by atoms with Crippen molar-refractivity contribution in [1.82, 2.24) is 0 Å². The average molecular weight is 333 g/mol. The van der Waals surface area contributed by atoms with Crippen molar-refractivity contribution in [2.45, 2.75) is 6.61 Å². The third kappa shape index (κ3) is 3.08. The van der Waals surface area contributed by atoms with Crippen molar-refractivity contribution >= 4 is 15.9 Å². The molecule has 2 rings (SSSR count). The lowest BCUT2D eigenvalue weighted by molar-refractivity contribution is 0.275. The summed E-state index contributed by atoms with van der Waals surface area (Å²) in [7, 11) is 0. The summed E-state index contributed by atoms with van der Waals surface area (Å²) >= 11 is 3.01. The minimum atomic E-state index is -1.16. The third-order valence-electron chi connectivity index (χ3n) is 2.37. The summed E-state index contributed by atoms with van der Waals surface area (Å²) in [5.41, 5.74) is 0.139. The van der Waals surface area contributed by atoms with Crippen LogP contribution in [0, 0.1) is 17.5 Å². The minimum absolute atomic E-state index is 0.0558. The van der Waals surface area contributed by atoms with E-state index in [1.54, 1.807) is 0 Å². The smallest absolute Gasteiger partial charge is 0.201 e. The molecule has 0 radical (unpaired) electrons. The van der Waals surface area contributed by atoms with Gasteiger partial charge in [0, 0.05) is 10.0 Å². The second-order valence-electron chi connectivity index (χ2n) is 3.71. The van der Waals surface area contributed by atoms with E-state index in [1.165, 1.54) is 12.1 Å². The molecule has 0 aliphatic heterocycles. The van der Waals surface area contributed by atoms with Crippen LogP contribution < -0.4 is 4.74 Å². The topological polar surface area (TPSA) is 29.5 Å². The maximum atomic E-state index is 13.5. The summed E-state index contributed by atoms with van der Waals surface area (Å²) < 4.78 is 45.2. The first-order valence-corrected chi connectivity index (χ1v) is 6.02. The lowest BCUT2D eigenvalue weighted by atomic mass is 10.2. The Morgan fingerprint density at radius 2 is 1.79 bits per heavy atom. The highest BCUT2D eigenvalue weighted by molar-refractivity contribution is 9.10. The maximum Gasteiger partial charge on any atom is 0.201 e. The van der Waals surface area contributed by atoms with Gasteiger partial charge in [-0.15, -0.1) is 0 Å². The van der Waals surface area contributed by atoms with Crippen LogP contribution in [0.15, 0.2) is 34.8 Å². The van der Waals surface area contributed by atoms with Crippen molar-refractivity contribution in [2.75, 3.05) is 0 Å². The minimum Gasteiger partial charge on any atom is -0.454 e. The largest absolute Gasteiger partial charge is 0.454 e. The Morgan fingerprint density at radius 1 is 1.05 bits per heavy atom. The Hall–Kier alpha value is -1.53. The van der Waals surface area contributed by atoms with E-state index in [9.17, 15) is 13.2 Å². The molecule has 0 atom stereocenters. The molecule has 0 aliphatic rings. The van der Waals surface area contributed by atoms with Gasteiger partial charge in [0.05, 0.1) is 6.61 Å². The summed E-state index contributed by atoms with van der Waals surface area (Å²) in [6, 6.07) is 5.59. The highest BCUT2D eigenvalue weighted by Gasteiger charge is 2.14. The predicted octanol–water partition coefficient (Wildman–Crippen LogP) is 4.15. The van der Waals surface area contributed by atoms with Crippen LogP contribution in [0.4, 0.5) is 13.2 Å². The van der Waals surface area contributed by atoms with Crippen LogP contribution >= 0.6 is 15.9 Å². The van der Waals surface area contributed by atoms with Crippen LogP contribution in [-0.2, 0) is 6.61 Å². The van der Waals surface area contributed by atoms with Gasteiger partial charge in [-0.25, -0.2) is 8.78 Å². The number of halogens is 4. The third-order valence-corrected chi connectivity index (χ3v) is 2.83.